The predicted molar refractivity (Wildman–Crippen MR) is 88.2 cm³/mol. The Hall–Kier alpha value is -2.54. The molecule has 2 aromatic rings. The van der Waals surface area contributed by atoms with Crippen molar-refractivity contribution < 1.29 is 22.8 Å². The number of alkyl halides is 3. The molecule has 0 fully saturated rings. The molecular weight excluding hydrogens is 357 g/mol. The number of carbonyl (C=O) groups is 2. The van der Waals surface area contributed by atoms with E-state index in [1.807, 2.05) is 0 Å². The molecule has 2 amide bonds. The Bertz CT molecular complexity index is 761. The van der Waals surface area contributed by atoms with Crippen LogP contribution in [0, 0.1) is 0 Å². The van der Waals surface area contributed by atoms with Gasteiger partial charge in [0.15, 0.2) is 0 Å². The molecule has 0 aliphatic rings. The van der Waals surface area contributed by atoms with Gasteiger partial charge >= 0.3 is 6.18 Å². The average molecular weight is 371 g/mol. The van der Waals surface area contributed by atoms with Crippen LogP contribution in [0.15, 0.2) is 48.5 Å². The van der Waals surface area contributed by atoms with Crippen molar-refractivity contribution in [2.75, 3.05) is 11.9 Å². The number of halogens is 4. The molecule has 0 saturated carbocycles. The number of benzene rings is 2. The number of nitrogens with one attached hydrogen (secondary N) is 2. The standard InChI is InChI=1S/C17H14ClF3N2O2/c18-13-6-4-11(5-7-13)8-15(24)22-10-16(25)23-14-3-1-2-12(9-14)17(19,20)21/h1-7,9H,8,10H2,(H,22,24)(H,23,25). The van der Waals surface area contributed by atoms with Gasteiger partial charge in [-0.1, -0.05) is 29.8 Å². The van der Waals surface area contributed by atoms with Crippen molar-refractivity contribution >= 4 is 29.1 Å². The van der Waals surface area contributed by atoms with Gasteiger partial charge in [0.05, 0.1) is 18.5 Å². The molecule has 8 heteroatoms. The molecule has 0 atom stereocenters. The van der Waals surface area contributed by atoms with E-state index in [0.29, 0.717) is 5.02 Å². The predicted octanol–water partition coefficient (Wildman–Crippen LogP) is 3.66. The van der Waals surface area contributed by atoms with Crippen LogP contribution in [0.2, 0.25) is 5.02 Å². The van der Waals surface area contributed by atoms with E-state index in [-0.39, 0.29) is 24.6 Å². The van der Waals surface area contributed by atoms with Crippen molar-refractivity contribution in [3.05, 3.63) is 64.7 Å². The number of carbonyl (C=O) groups excluding carboxylic acids is 2. The molecule has 25 heavy (non-hydrogen) atoms. The first-order valence-corrected chi connectivity index (χ1v) is 7.60. The highest BCUT2D eigenvalue weighted by Gasteiger charge is 2.30. The molecule has 2 rings (SSSR count). The van der Waals surface area contributed by atoms with Crippen LogP contribution in [0.1, 0.15) is 11.1 Å². The topological polar surface area (TPSA) is 58.2 Å². The molecule has 2 N–H and O–H groups in total. The van der Waals surface area contributed by atoms with Gasteiger partial charge in [0.1, 0.15) is 0 Å². The van der Waals surface area contributed by atoms with Crippen molar-refractivity contribution in [1.29, 1.82) is 0 Å². The first kappa shape index (κ1) is 18.8. The maximum atomic E-state index is 12.6. The first-order chi connectivity index (χ1) is 11.7. The van der Waals surface area contributed by atoms with E-state index in [9.17, 15) is 22.8 Å². The second kappa shape index (κ2) is 8.02. The fraction of sp³-hybridized carbons (Fsp3) is 0.176. The highest BCUT2D eigenvalue weighted by Crippen LogP contribution is 2.30. The van der Waals surface area contributed by atoms with Crippen molar-refractivity contribution in [2.45, 2.75) is 12.6 Å². The summed E-state index contributed by atoms with van der Waals surface area (Å²) < 4.78 is 37.8. The molecule has 0 heterocycles. The zero-order valence-electron chi connectivity index (χ0n) is 12.9. The molecule has 132 valence electrons. The molecule has 0 aliphatic heterocycles. The Morgan fingerprint density at radius 3 is 2.32 bits per heavy atom. The normalized spacial score (nSPS) is 11.0. The third kappa shape index (κ3) is 6.11. The summed E-state index contributed by atoms with van der Waals surface area (Å²) in [7, 11) is 0. The second-order valence-corrected chi connectivity index (χ2v) is 5.64. The van der Waals surface area contributed by atoms with E-state index in [4.69, 9.17) is 11.6 Å². The van der Waals surface area contributed by atoms with Gasteiger partial charge in [0.2, 0.25) is 11.8 Å². The third-order valence-electron chi connectivity index (χ3n) is 3.20. The lowest BCUT2D eigenvalue weighted by Gasteiger charge is -2.10. The maximum absolute atomic E-state index is 12.6. The largest absolute Gasteiger partial charge is 0.416 e. The lowest BCUT2D eigenvalue weighted by atomic mass is 10.1. The molecule has 0 radical (unpaired) electrons. The zero-order valence-corrected chi connectivity index (χ0v) is 13.6. The van der Waals surface area contributed by atoms with Crippen LogP contribution in [0.25, 0.3) is 0 Å². The Kier molecular flexibility index (Phi) is 6.03. The Balaban J connectivity index is 1.84. The smallest absolute Gasteiger partial charge is 0.347 e. The minimum absolute atomic E-state index is 0.00627. The van der Waals surface area contributed by atoms with Crippen LogP contribution in [-0.4, -0.2) is 18.4 Å². The SMILES string of the molecule is O=C(Cc1ccc(Cl)cc1)NCC(=O)Nc1cccc(C(F)(F)F)c1. The molecule has 0 saturated heterocycles. The number of hydrogen-bond donors (Lipinski definition) is 2. The maximum Gasteiger partial charge on any atom is 0.416 e. The van der Waals surface area contributed by atoms with Crippen molar-refractivity contribution in [2.24, 2.45) is 0 Å². The van der Waals surface area contributed by atoms with Gasteiger partial charge in [-0.3, -0.25) is 9.59 Å². The summed E-state index contributed by atoms with van der Waals surface area (Å²) in [6, 6.07) is 10.9. The summed E-state index contributed by atoms with van der Waals surface area (Å²) >= 11 is 5.74. The molecular formula is C17H14ClF3N2O2. The highest BCUT2D eigenvalue weighted by molar-refractivity contribution is 6.30. The second-order valence-electron chi connectivity index (χ2n) is 5.21. The third-order valence-corrected chi connectivity index (χ3v) is 3.45. The van der Waals surface area contributed by atoms with E-state index in [1.54, 1.807) is 24.3 Å². The van der Waals surface area contributed by atoms with Crippen molar-refractivity contribution in [3.63, 3.8) is 0 Å². The fourth-order valence-corrected chi connectivity index (χ4v) is 2.13. The van der Waals surface area contributed by atoms with Crippen LogP contribution in [0.5, 0.6) is 0 Å². The summed E-state index contributed by atoms with van der Waals surface area (Å²) in [5, 5.41) is 5.26. The van der Waals surface area contributed by atoms with Gasteiger partial charge in [0, 0.05) is 10.7 Å². The summed E-state index contributed by atoms with van der Waals surface area (Å²) in [4.78, 5) is 23.5. The van der Waals surface area contributed by atoms with Crippen LogP contribution in [0.4, 0.5) is 18.9 Å². The summed E-state index contributed by atoms with van der Waals surface area (Å²) in [6.07, 6.45) is -4.43. The first-order valence-electron chi connectivity index (χ1n) is 7.22. The Morgan fingerprint density at radius 2 is 1.68 bits per heavy atom. The number of hydrogen-bond acceptors (Lipinski definition) is 2. The average Bonchev–Trinajstić information content (AvgIpc) is 2.55. The van der Waals surface area contributed by atoms with E-state index in [2.05, 4.69) is 10.6 Å². The van der Waals surface area contributed by atoms with Crippen LogP contribution >= 0.6 is 11.6 Å². The molecule has 2 aromatic carbocycles. The van der Waals surface area contributed by atoms with Crippen LogP contribution in [0.3, 0.4) is 0 Å². The molecule has 0 unspecified atom stereocenters. The Labute approximate surface area is 147 Å². The minimum Gasteiger partial charge on any atom is -0.347 e. The van der Waals surface area contributed by atoms with Gasteiger partial charge in [0.25, 0.3) is 0 Å². The van der Waals surface area contributed by atoms with Crippen LogP contribution in [-0.2, 0) is 22.2 Å². The summed E-state index contributed by atoms with van der Waals surface area (Å²) in [5.74, 6) is -1.01. The lowest BCUT2D eigenvalue weighted by Crippen LogP contribution is -2.33. The van der Waals surface area contributed by atoms with E-state index in [0.717, 1.165) is 17.7 Å². The number of rotatable bonds is 5. The zero-order chi connectivity index (χ0) is 18.4. The monoisotopic (exact) mass is 370 g/mol. The van der Waals surface area contributed by atoms with Crippen LogP contribution < -0.4 is 10.6 Å². The van der Waals surface area contributed by atoms with Crippen molar-refractivity contribution in [1.82, 2.24) is 5.32 Å². The van der Waals surface area contributed by atoms with Gasteiger partial charge in [-0.2, -0.15) is 13.2 Å². The van der Waals surface area contributed by atoms with Gasteiger partial charge in [-0.15, -0.1) is 0 Å². The molecule has 4 nitrogen and oxygen atoms in total. The summed E-state index contributed by atoms with van der Waals surface area (Å²) in [5.41, 5.74) is -0.135. The highest BCUT2D eigenvalue weighted by atomic mass is 35.5. The summed E-state index contributed by atoms with van der Waals surface area (Å²) in [6.45, 7) is -0.345. The lowest BCUT2D eigenvalue weighted by molar-refractivity contribution is -0.137. The Morgan fingerprint density at radius 1 is 1.00 bits per heavy atom. The number of amides is 2. The van der Waals surface area contributed by atoms with Gasteiger partial charge < -0.3 is 10.6 Å². The van der Waals surface area contributed by atoms with Gasteiger partial charge in [-0.05, 0) is 35.9 Å². The van der Waals surface area contributed by atoms with Gasteiger partial charge in [-0.25, -0.2) is 0 Å². The quantitative estimate of drug-likeness (QED) is 0.844. The van der Waals surface area contributed by atoms with E-state index < -0.39 is 17.6 Å². The molecule has 0 bridgehead atoms. The minimum atomic E-state index is -4.49. The fourth-order valence-electron chi connectivity index (χ4n) is 2.01. The van der Waals surface area contributed by atoms with E-state index >= 15 is 0 Å². The van der Waals surface area contributed by atoms with E-state index in [1.165, 1.54) is 12.1 Å². The number of anilines is 1. The molecule has 0 spiro atoms. The van der Waals surface area contributed by atoms with Crippen molar-refractivity contribution in [3.8, 4) is 0 Å². The molecule has 0 aliphatic carbocycles. The molecule has 0 aromatic heterocycles.